The second-order valence-corrected chi connectivity index (χ2v) is 6.46. The number of pyridine rings is 1. The zero-order valence-corrected chi connectivity index (χ0v) is 13.8. The summed E-state index contributed by atoms with van der Waals surface area (Å²) in [6, 6.07) is 7.35. The van der Waals surface area contributed by atoms with Crippen molar-refractivity contribution >= 4 is 29.0 Å². The number of hydrogen-bond acceptors (Lipinski definition) is 6. The zero-order chi connectivity index (χ0) is 16.4. The number of aryl methyl sites for hydroxylation is 1. The van der Waals surface area contributed by atoms with Gasteiger partial charge in [-0.25, -0.2) is 4.98 Å². The van der Waals surface area contributed by atoms with Gasteiger partial charge in [-0.2, -0.15) is 4.98 Å². The Bertz CT molecular complexity index is 838. The number of aromatic nitrogens is 4. The molecule has 23 heavy (non-hydrogen) atoms. The van der Waals surface area contributed by atoms with Crippen molar-refractivity contribution in [3.63, 3.8) is 0 Å². The van der Waals surface area contributed by atoms with Crippen molar-refractivity contribution in [2.75, 3.05) is 24.3 Å². The average Bonchev–Trinajstić information content (AvgIpc) is 3.16. The third kappa shape index (κ3) is 3.37. The van der Waals surface area contributed by atoms with E-state index >= 15 is 0 Å². The van der Waals surface area contributed by atoms with Crippen LogP contribution in [0.3, 0.4) is 0 Å². The summed E-state index contributed by atoms with van der Waals surface area (Å²) in [6.45, 7) is 2.03. The maximum absolute atomic E-state index is 12.3. The molecule has 3 aromatic rings. The van der Waals surface area contributed by atoms with E-state index in [9.17, 15) is 4.79 Å². The first-order valence-electron chi connectivity index (χ1n) is 6.97. The molecule has 0 fully saturated rings. The summed E-state index contributed by atoms with van der Waals surface area (Å²) in [4.78, 5) is 24.8. The number of rotatable bonds is 4. The van der Waals surface area contributed by atoms with Crippen molar-refractivity contribution < 1.29 is 4.79 Å². The lowest BCUT2D eigenvalue weighted by molar-refractivity contribution is 0.102. The summed E-state index contributed by atoms with van der Waals surface area (Å²) in [5, 5.41) is 9.56. The highest BCUT2D eigenvalue weighted by molar-refractivity contribution is 7.15. The second-order valence-electron chi connectivity index (χ2n) is 5.17. The van der Waals surface area contributed by atoms with Gasteiger partial charge in [-0.3, -0.25) is 15.2 Å². The largest absolute Gasteiger partial charge is 0.363 e. The number of amides is 1. The quantitative estimate of drug-likeness (QED) is 0.768. The maximum atomic E-state index is 12.3. The molecule has 8 heteroatoms. The average molecular weight is 328 g/mol. The molecular formula is C15H16N6OS. The van der Waals surface area contributed by atoms with Gasteiger partial charge in [-0.15, -0.1) is 16.4 Å². The fourth-order valence-electron chi connectivity index (χ4n) is 1.97. The third-order valence-electron chi connectivity index (χ3n) is 3.15. The number of hydrogen-bond donors (Lipinski definition) is 2. The maximum Gasteiger partial charge on any atom is 0.258 e. The van der Waals surface area contributed by atoms with Gasteiger partial charge in [0, 0.05) is 30.7 Å². The fraction of sp³-hybridized carbons (Fsp3) is 0.200. The highest BCUT2D eigenvalue weighted by Gasteiger charge is 2.12. The number of nitrogens with zero attached hydrogens (tertiary/aromatic N) is 4. The Balaban J connectivity index is 1.76. The smallest absolute Gasteiger partial charge is 0.258 e. The first-order valence-corrected chi connectivity index (χ1v) is 7.78. The summed E-state index contributed by atoms with van der Waals surface area (Å²) >= 11 is 1.61. The lowest BCUT2D eigenvalue weighted by Gasteiger charge is -2.11. The first kappa shape index (κ1) is 15.2. The molecular weight excluding hydrogens is 312 g/mol. The molecule has 118 valence electrons. The minimum atomic E-state index is -0.275. The minimum absolute atomic E-state index is 0.249. The van der Waals surface area contributed by atoms with Crippen molar-refractivity contribution in [1.29, 1.82) is 0 Å². The molecule has 0 aliphatic heterocycles. The molecule has 0 aliphatic rings. The minimum Gasteiger partial charge on any atom is -0.363 e. The third-order valence-corrected chi connectivity index (χ3v) is 4.16. The van der Waals surface area contributed by atoms with Crippen molar-refractivity contribution in [2.24, 2.45) is 0 Å². The number of thiophene rings is 1. The fourth-order valence-corrected chi connectivity index (χ4v) is 2.77. The van der Waals surface area contributed by atoms with E-state index in [4.69, 9.17) is 0 Å². The van der Waals surface area contributed by atoms with Gasteiger partial charge in [-0.1, -0.05) is 0 Å². The van der Waals surface area contributed by atoms with Crippen LogP contribution in [-0.2, 0) is 0 Å². The molecule has 2 N–H and O–H groups in total. The Morgan fingerprint density at radius 2 is 2.13 bits per heavy atom. The van der Waals surface area contributed by atoms with Crippen LogP contribution in [0, 0.1) is 6.92 Å². The molecule has 0 spiro atoms. The van der Waals surface area contributed by atoms with Crippen molar-refractivity contribution in [3.8, 4) is 10.7 Å². The number of anilines is 2. The lowest BCUT2D eigenvalue weighted by atomic mass is 10.2. The van der Waals surface area contributed by atoms with Crippen molar-refractivity contribution in [2.45, 2.75) is 6.92 Å². The van der Waals surface area contributed by atoms with E-state index in [1.807, 2.05) is 38.1 Å². The highest BCUT2D eigenvalue weighted by atomic mass is 32.1. The monoisotopic (exact) mass is 328 g/mol. The highest BCUT2D eigenvalue weighted by Crippen LogP contribution is 2.25. The van der Waals surface area contributed by atoms with Crippen LogP contribution in [0.25, 0.3) is 10.7 Å². The number of carbonyl (C=O) groups excluding carboxylic acids is 1. The molecule has 0 saturated carbocycles. The topological polar surface area (TPSA) is 86.8 Å². The molecule has 0 unspecified atom stereocenters. The van der Waals surface area contributed by atoms with Gasteiger partial charge in [0.25, 0.3) is 5.91 Å². The van der Waals surface area contributed by atoms with Gasteiger partial charge >= 0.3 is 0 Å². The van der Waals surface area contributed by atoms with Crippen LogP contribution in [0.1, 0.15) is 15.2 Å². The normalized spacial score (nSPS) is 10.6. The van der Waals surface area contributed by atoms with E-state index < -0.39 is 0 Å². The number of H-pyrrole nitrogens is 1. The van der Waals surface area contributed by atoms with E-state index in [1.165, 1.54) is 4.88 Å². The van der Waals surface area contributed by atoms with Gasteiger partial charge in [0.15, 0.2) is 5.82 Å². The Morgan fingerprint density at radius 1 is 1.30 bits per heavy atom. The van der Waals surface area contributed by atoms with Crippen LogP contribution in [0.4, 0.5) is 11.8 Å². The van der Waals surface area contributed by atoms with E-state index in [2.05, 4.69) is 25.5 Å². The molecule has 3 aromatic heterocycles. The summed E-state index contributed by atoms with van der Waals surface area (Å²) in [6.07, 6.45) is 1.60. The van der Waals surface area contributed by atoms with Gasteiger partial charge < -0.3 is 4.90 Å². The molecule has 0 bridgehead atoms. The van der Waals surface area contributed by atoms with Crippen LogP contribution in [-0.4, -0.2) is 40.2 Å². The number of aromatic amines is 1. The van der Waals surface area contributed by atoms with Crippen molar-refractivity contribution in [1.82, 2.24) is 20.2 Å². The van der Waals surface area contributed by atoms with Gasteiger partial charge in [0.2, 0.25) is 5.95 Å². The predicted octanol–water partition coefficient (Wildman–Crippen LogP) is 2.55. The molecule has 0 saturated heterocycles. The predicted molar refractivity (Wildman–Crippen MR) is 90.9 cm³/mol. The molecule has 0 atom stereocenters. The SMILES string of the molecule is Cc1ccc(-c2nc(NC(=O)c3ccnc(N(C)C)c3)n[nH]2)s1. The molecule has 0 aromatic carbocycles. The van der Waals surface area contributed by atoms with Crippen molar-refractivity contribution in [3.05, 3.63) is 40.9 Å². The molecule has 3 heterocycles. The van der Waals surface area contributed by atoms with E-state index in [0.717, 1.165) is 4.88 Å². The Hall–Kier alpha value is -2.74. The Kier molecular flexibility index (Phi) is 4.07. The second kappa shape index (κ2) is 6.17. The zero-order valence-electron chi connectivity index (χ0n) is 13.0. The van der Waals surface area contributed by atoms with Crippen LogP contribution >= 0.6 is 11.3 Å². The summed E-state index contributed by atoms with van der Waals surface area (Å²) in [5.74, 6) is 1.33. The number of nitrogens with one attached hydrogen (secondary N) is 2. The summed E-state index contributed by atoms with van der Waals surface area (Å²) in [7, 11) is 3.74. The van der Waals surface area contributed by atoms with E-state index in [1.54, 1.807) is 29.7 Å². The lowest BCUT2D eigenvalue weighted by Crippen LogP contribution is -2.15. The number of carbonyl (C=O) groups is 1. The van der Waals surface area contributed by atoms with Crippen LogP contribution in [0.15, 0.2) is 30.5 Å². The summed E-state index contributed by atoms with van der Waals surface area (Å²) < 4.78 is 0. The molecule has 1 amide bonds. The molecule has 0 aliphatic carbocycles. The molecule has 3 rings (SSSR count). The van der Waals surface area contributed by atoms with E-state index in [-0.39, 0.29) is 11.9 Å². The van der Waals surface area contributed by atoms with E-state index in [0.29, 0.717) is 17.2 Å². The molecule has 0 radical (unpaired) electrons. The van der Waals surface area contributed by atoms with Gasteiger partial charge in [-0.05, 0) is 31.2 Å². The van der Waals surface area contributed by atoms with Crippen LogP contribution < -0.4 is 10.2 Å². The Labute approximate surface area is 137 Å². The Morgan fingerprint density at radius 3 is 2.83 bits per heavy atom. The van der Waals surface area contributed by atoms with Gasteiger partial charge in [0.05, 0.1) is 4.88 Å². The summed E-state index contributed by atoms with van der Waals surface area (Å²) in [5.41, 5.74) is 0.502. The molecule has 7 nitrogen and oxygen atoms in total. The first-order chi connectivity index (χ1) is 11.0. The van der Waals surface area contributed by atoms with Gasteiger partial charge in [0.1, 0.15) is 5.82 Å². The van der Waals surface area contributed by atoms with Crippen LogP contribution in [0.2, 0.25) is 0 Å². The standard InChI is InChI=1S/C15H16N6OS/c1-9-4-5-11(23-9)13-17-15(20-19-13)18-14(22)10-6-7-16-12(8-10)21(2)3/h4-8H,1-3H3,(H2,17,18,19,20,22). The van der Waals surface area contributed by atoms with Crippen LogP contribution in [0.5, 0.6) is 0 Å².